The molecule has 1 aliphatic carbocycles. The Morgan fingerprint density at radius 3 is 2.18 bits per heavy atom. The summed E-state index contributed by atoms with van der Waals surface area (Å²) in [5.74, 6) is 0.474. The quantitative estimate of drug-likeness (QED) is 0.812. The summed E-state index contributed by atoms with van der Waals surface area (Å²) < 4.78 is 27.0. The van der Waals surface area contributed by atoms with Gasteiger partial charge in [0.15, 0.2) is 0 Å². The van der Waals surface area contributed by atoms with Gasteiger partial charge < -0.3 is 5.32 Å². The number of piperidine rings is 1. The van der Waals surface area contributed by atoms with E-state index in [1.165, 1.54) is 5.56 Å². The van der Waals surface area contributed by atoms with Crippen LogP contribution in [-0.4, -0.2) is 37.8 Å². The van der Waals surface area contributed by atoms with Gasteiger partial charge in [-0.15, -0.1) is 0 Å². The lowest BCUT2D eigenvalue weighted by atomic mass is 9.91. The maximum atomic E-state index is 12.7. The van der Waals surface area contributed by atoms with Crippen molar-refractivity contribution in [2.75, 3.05) is 13.1 Å². The fraction of sp³-hybridized carbons (Fsp3) is 0.409. The molecule has 1 heterocycles. The average Bonchev–Trinajstić information content (AvgIpc) is 3.53. The minimum absolute atomic E-state index is 0.00785. The molecular weight excluding hydrogens is 372 g/mol. The van der Waals surface area contributed by atoms with E-state index in [0.29, 0.717) is 35.5 Å². The van der Waals surface area contributed by atoms with Crippen LogP contribution in [0.15, 0.2) is 59.5 Å². The second kappa shape index (κ2) is 8.05. The first kappa shape index (κ1) is 19.2. The molecule has 5 nitrogen and oxygen atoms in total. The first-order chi connectivity index (χ1) is 13.5. The molecule has 0 spiro atoms. The lowest BCUT2D eigenvalue weighted by Crippen LogP contribution is -2.38. The number of benzene rings is 2. The van der Waals surface area contributed by atoms with Gasteiger partial charge in [-0.25, -0.2) is 8.42 Å². The molecule has 0 aromatic heterocycles. The van der Waals surface area contributed by atoms with Crippen LogP contribution >= 0.6 is 0 Å². The van der Waals surface area contributed by atoms with Crippen molar-refractivity contribution in [2.45, 2.75) is 43.0 Å². The van der Waals surface area contributed by atoms with Crippen molar-refractivity contribution < 1.29 is 13.2 Å². The molecule has 28 heavy (non-hydrogen) atoms. The SMILES string of the molecule is O=C(NC1CC1)c1ccc(CC2CCN(S(=O)(=O)c3ccccc3)CC2)cc1. The zero-order valence-electron chi connectivity index (χ0n) is 15.9. The fourth-order valence-electron chi connectivity index (χ4n) is 3.72. The van der Waals surface area contributed by atoms with Gasteiger partial charge in [0.2, 0.25) is 10.0 Å². The summed E-state index contributed by atoms with van der Waals surface area (Å²) in [6.07, 6.45) is 4.81. The van der Waals surface area contributed by atoms with Crippen molar-refractivity contribution in [3.05, 3.63) is 65.7 Å². The first-order valence-electron chi connectivity index (χ1n) is 9.97. The lowest BCUT2D eigenvalue weighted by molar-refractivity contribution is 0.0951. The fourth-order valence-corrected chi connectivity index (χ4v) is 5.21. The highest BCUT2D eigenvalue weighted by Gasteiger charge is 2.29. The number of sulfonamides is 1. The summed E-state index contributed by atoms with van der Waals surface area (Å²) in [6.45, 7) is 1.12. The zero-order valence-corrected chi connectivity index (χ0v) is 16.7. The third-order valence-corrected chi connectivity index (χ3v) is 7.52. The molecule has 1 N–H and O–H groups in total. The van der Waals surface area contributed by atoms with Gasteiger partial charge in [-0.2, -0.15) is 4.31 Å². The van der Waals surface area contributed by atoms with E-state index >= 15 is 0 Å². The Morgan fingerprint density at radius 2 is 1.57 bits per heavy atom. The molecule has 148 valence electrons. The predicted molar refractivity (Wildman–Crippen MR) is 109 cm³/mol. The molecule has 0 atom stereocenters. The summed E-state index contributed by atoms with van der Waals surface area (Å²) >= 11 is 0. The largest absolute Gasteiger partial charge is 0.349 e. The molecule has 2 aliphatic rings. The van der Waals surface area contributed by atoms with Gasteiger partial charge in [0, 0.05) is 24.7 Å². The molecule has 6 heteroatoms. The van der Waals surface area contributed by atoms with E-state index in [2.05, 4.69) is 5.32 Å². The van der Waals surface area contributed by atoms with Crippen molar-refractivity contribution in [1.29, 1.82) is 0 Å². The Hall–Kier alpha value is -2.18. The Labute approximate surface area is 166 Å². The highest BCUT2D eigenvalue weighted by molar-refractivity contribution is 7.89. The number of nitrogens with one attached hydrogen (secondary N) is 1. The summed E-state index contributed by atoms with van der Waals surface area (Å²) in [6, 6.07) is 16.8. The lowest BCUT2D eigenvalue weighted by Gasteiger charge is -2.31. The topological polar surface area (TPSA) is 66.5 Å². The number of hydrogen-bond acceptors (Lipinski definition) is 3. The van der Waals surface area contributed by atoms with E-state index in [9.17, 15) is 13.2 Å². The number of carbonyl (C=O) groups is 1. The minimum Gasteiger partial charge on any atom is -0.349 e. The van der Waals surface area contributed by atoms with Crippen LogP contribution < -0.4 is 5.32 Å². The zero-order chi connectivity index (χ0) is 19.6. The standard InChI is InChI=1S/C22H26N2O3S/c25-22(23-20-10-11-20)19-8-6-17(7-9-19)16-18-12-14-24(15-13-18)28(26,27)21-4-2-1-3-5-21/h1-9,18,20H,10-16H2,(H,23,25). The van der Waals surface area contributed by atoms with Crippen LogP contribution in [0.2, 0.25) is 0 Å². The molecule has 1 amide bonds. The molecule has 2 aromatic rings. The van der Waals surface area contributed by atoms with Gasteiger partial charge in [-0.05, 0) is 67.9 Å². The van der Waals surface area contributed by atoms with Gasteiger partial charge in [0.05, 0.1) is 4.90 Å². The van der Waals surface area contributed by atoms with Gasteiger partial charge >= 0.3 is 0 Å². The first-order valence-corrected chi connectivity index (χ1v) is 11.4. The van der Waals surface area contributed by atoms with E-state index in [0.717, 1.165) is 32.1 Å². The van der Waals surface area contributed by atoms with Gasteiger partial charge in [-0.1, -0.05) is 30.3 Å². The number of nitrogens with zero attached hydrogens (tertiary/aromatic N) is 1. The monoisotopic (exact) mass is 398 g/mol. The van der Waals surface area contributed by atoms with E-state index in [4.69, 9.17) is 0 Å². The highest BCUT2D eigenvalue weighted by atomic mass is 32.2. The Morgan fingerprint density at radius 1 is 0.929 bits per heavy atom. The van der Waals surface area contributed by atoms with E-state index in [1.54, 1.807) is 28.6 Å². The van der Waals surface area contributed by atoms with Crippen molar-refractivity contribution >= 4 is 15.9 Å². The summed E-state index contributed by atoms with van der Waals surface area (Å²) in [7, 11) is -3.39. The van der Waals surface area contributed by atoms with Crippen molar-refractivity contribution in [2.24, 2.45) is 5.92 Å². The molecule has 2 fully saturated rings. The highest BCUT2D eigenvalue weighted by Crippen LogP contribution is 2.26. The van der Waals surface area contributed by atoms with Crippen molar-refractivity contribution in [3.63, 3.8) is 0 Å². The third-order valence-electron chi connectivity index (χ3n) is 5.61. The minimum atomic E-state index is -3.39. The molecule has 1 saturated carbocycles. The number of carbonyl (C=O) groups excluding carboxylic acids is 1. The average molecular weight is 399 g/mol. The van der Waals surface area contributed by atoms with Crippen LogP contribution in [0.25, 0.3) is 0 Å². The molecule has 1 aliphatic heterocycles. The Balaban J connectivity index is 1.31. The molecular formula is C22H26N2O3S. The van der Waals surface area contributed by atoms with E-state index in [-0.39, 0.29) is 5.91 Å². The number of hydrogen-bond donors (Lipinski definition) is 1. The van der Waals surface area contributed by atoms with Crippen LogP contribution in [0, 0.1) is 5.92 Å². The Bertz CT molecular complexity index is 914. The second-order valence-electron chi connectivity index (χ2n) is 7.81. The molecule has 0 unspecified atom stereocenters. The summed E-state index contributed by atoms with van der Waals surface area (Å²) in [5, 5.41) is 3.00. The summed E-state index contributed by atoms with van der Waals surface area (Å²) in [5.41, 5.74) is 1.91. The molecule has 0 bridgehead atoms. The smallest absolute Gasteiger partial charge is 0.251 e. The predicted octanol–water partition coefficient (Wildman–Crippen LogP) is 3.22. The third kappa shape index (κ3) is 4.45. The van der Waals surface area contributed by atoms with Crippen molar-refractivity contribution in [3.8, 4) is 0 Å². The van der Waals surface area contributed by atoms with Crippen LogP contribution in [-0.2, 0) is 16.4 Å². The number of amides is 1. The maximum absolute atomic E-state index is 12.7. The summed E-state index contributed by atoms with van der Waals surface area (Å²) in [4.78, 5) is 12.4. The van der Waals surface area contributed by atoms with Crippen LogP contribution in [0.5, 0.6) is 0 Å². The van der Waals surface area contributed by atoms with Crippen molar-refractivity contribution in [1.82, 2.24) is 9.62 Å². The van der Waals surface area contributed by atoms with Crippen LogP contribution in [0.1, 0.15) is 41.6 Å². The normalized spacial score (nSPS) is 18.7. The van der Waals surface area contributed by atoms with Crippen LogP contribution in [0.3, 0.4) is 0 Å². The van der Waals surface area contributed by atoms with Gasteiger partial charge in [0.25, 0.3) is 5.91 Å². The molecule has 4 rings (SSSR count). The van der Waals surface area contributed by atoms with Crippen LogP contribution in [0.4, 0.5) is 0 Å². The molecule has 0 radical (unpaired) electrons. The number of rotatable bonds is 6. The van der Waals surface area contributed by atoms with Gasteiger partial charge in [-0.3, -0.25) is 4.79 Å². The van der Waals surface area contributed by atoms with Gasteiger partial charge in [0.1, 0.15) is 0 Å². The second-order valence-corrected chi connectivity index (χ2v) is 9.75. The van der Waals surface area contributed by atoms with E-state index < -0.39 is 10.0 Å². The molecule has 1 saturated heterocycles. The molecule has 2 aromatic carbocycles. The van der Waals surface area contributed by atoms with E-state index in [1.807, 2.05) is 30.3 Å². The maximum Gasteiger partial charge on any atom is 0.251 e. The Kier molecular flexibility index (Phi) is 5.51.